The second-order valence-corrected chi connectivity index (χ2v) is 4.84. The van der Waals surface area contributed by atoms with Gasteiger partial charge >= 0.3 is 0 Å². The zero-order valence-corrected chi connectivity index (χ0v) is 11.6. The van der Waals surface area contributed by atoms with Crippen LogP contribution in [-0.4, -0.2) is 0 Å². The van der Waals surface area contributed by atoms with Crippen LogP contribution in [0.2, 0.25) is 5.02 Å². The van der Waals surface area contributed by atoms with E-state index in [4.69, 9.17) is 21.3 Å². The van der Waals surface area contributed by atoms with E-state index in [9.17, 15) is 0 Å². The number of nitrogens with zero attached hydrogens (tertiary/aromatic N) is 1. The van der Waals surface area contributed by atoms with Gasteiger partial charge in [-0.2, -0.15) is 5.26 Å². The van der Waals surface area contributed by atoms with Gasteiger partial charge in [0.15, 0.2) is 3.77 Å². The Morgan fingerprint density at radius 1 is 1.35 bits per heavy atom. The van der Waals surface area contributed by atoms with Gasteiger partial charge in [0.25, 0.3) is 0 Å². The van der Waals surface area contributed by atoms with Crippen molar-refractivity contribution in [3.8, 4) is 6.07 Å². The molecule has 5 heteroatoms. The first-order valence-electron chi connectivity index (χ1n) is 4.87. The molecule has 0 bridgehead atoms. The lowest BCUT2D eigenvalue weighted by molar-refractivity contribution is 0.493. The number of benzene rings is 1. The smallest absolute Gasteiger partial charge is 0.164 e. The molecule has 3 nitrogen and oxygen atoms in total. The SMILES string of the molecule is N#Cc1ccc(NCc2ccc(I)o2)cc1Cl. The topological polar surface area (TPSA) is 49.0 Å². The van der Waals surface area contributed by atoms with Crippen LogP contribution in [0.3, 0.4) is 0 Å². The van der Waals surface area contributed by atoms with E-state index in [1.165, 1.54) is 0 Å². The van der Waals surface area contributed by atoms with Gasteiger partial charge in [-0.15, -0.1) is 0 Å². The summed E-state index contributed by atoms with van der Waals surface area (Å²) in [7, 11) is 0. The van der Waals surface area contributed by atoms with Crippen LogP contribution in [0.4, 0.5) is 5.69 Å². The number of hydrogen-bond acceptors (Lipinski definition) is 3. The van der Waals surface area contributed by atoms with Gasteiger partial charge in [0.1, 0.15) is 11.8 Å². The first-order chi connectivity index (χ1) is 8.19. The fourth-order valence-corrected chi connectivity index (χ4v) is 2.04. The molecule has 0 amide bonds. The molecule has 2 aromatic rings. The summed E-state index contributed by atoms with van der Waals surface area (Å²) in [5.41, 5.74) is 1.34. The van der Waals surface area contributed by atoms with Gasteiger partial charge in [0.05, 0.1) is 17.1 Å². The molecule has 0 aliphatic heterocycles. The van der Waals surface area contributed by atoms with E-state index in [0.717, 1.165) is 15.2 Å². The van der Waals surface area contributed by atoms with Crippen LogP contribution in [0.15, 0.2) is 34.7 Å². The highest BCUT2D eigenvalue weighted by molar-refractivity contribution is 14.1. The fourth-order valence-electron chi connectivity index (χ4n) is 1.35. The van der Waals surface area contributed by atoms with Crippen molar-refractivity contribution in [2.75, 3.05) is 5.32 Å². The second-order valence-electron chi connectivity index (χ2n) is 3.37. The molecular formula is C12H8ClIN2O. The van der Waals surface area contributed by atoms with E-state index in [-0.39, 0.29) is 0 Å². The highest BCUT2D eigenvalue weighted by atomic mass is 127. The number of furan rings is 1. The Morgan fingerprint density at radius 3 is 2.76 bits per heavy atom. The minimum Gasteiger partial charge on any atom is -0.454 e. The molecule has 0 atom stereocenters. The molecule has 0 fully saturated rings. The van der Waals surface area contributed by atoms with Crippen LogP contribution in [0.25, 0.3) is 0 Å². The summed E-state index contributed by atoms with van der Waals surface area (Å²) in [5, 5.41) is 12.4. The maximum atomic E-state index is 8.75. The molecule has 0 unspecified atom stereocenters. The predicted molar refractivity (Wildman–Crippen MR) is 74.9 cm³/mol. The average molecular weight is 359 g/mol. The zero-order valence-electron chi connectivity index (χ0n) is 8.71. The second kappa shape index (κ2) is 5.43. The van der Waals surface area contributed by atoms with E-state index in [1.54, 1.807) is 12.1 Å². The summed E-state index contributed by atoms with van der Waals surface area (Å²) < 4.78 is 6.28. The van der Waals surface area contributed by atoms with E-state index >= 15 is 0 Å². The molecule has 0 aliphatic rings. The minimum absolute atomic E-state index is 0.450. The quantitative estimate of drug-likeness (QED) is 0.843. The number of nitriles is 1. The summed E-state index contributed by atoms with van der Waals surface area (Å²) >= 11 is 8.05. The van der Waals surface area contributed by atoms with Gasteiger partial charge in [-0.05, 0) is 52.9 Å². The largest absolute Gasteiger partial charge is 0.454 e. The van der Waals surface area contributed by atoms with Crippen molar-refractivity contribution in [3.63, 3.8) is 0 Å². The van der Waals surface area contributed by atoms with Crippen molar-refractivity contribution < 1.29 is 4.42 Å². The Bertz CT molecular complexity index is 574. The third-order valence-electron chi connectivity index (χ3n) is 2.19. The van der Waals surface area contributed by atoms with Crippen molar-refractivity contribution in [2.24, 2.45) is 0 Å². The predicted octanol–water partition coefficient (Wildman–Crippen LogP) is 4.02. The van der Waals surface area contributed by atoms with Crippen molar-refractivity contribution in [1.82, 2.24) is 0 Å². The Kier molecular flexibility index (Phi) is 3.92. The van der Waals surface area contributed by atoms with Gasteiger partial charge in [0, 0.05) is 5.69 Å². The Labute approximate surface area is 118 Å². The number of hydrogen-bond donors (Lipinski definition) is 1. The van der Waals surface area contributed by atoms with Gasteiger partial charge < -0.3 is 9.73 Å². The molecule has 1 N–H and O–H groups in total. The molecule has 0 saturated heterocycles. The van der Waals surface area contributed by atoms with E-state index in [0.29, 0.717) is 17.1 Å². The molecule has 17 heavy (non-hydrogen) atoms. The molecule has 0 saturated carbocycles. The van der Waals surface area contributed by atoms with Gasteiger partial charge in [0.2, 0.25) is 0 Å². The van der Waals surface area contributed by atoms with Crippen LogP contribution in [-0.2, 0) is 6.54 Å². The summed E-state index contributed by atoms with van der Waals surface area (Å²) in [6.45, 7) is 0.589. The first kappa shape index (κ1) is 12.3. The molecule has 1 heterocycles. The standard InChI is InChI=1S/C12H8ClIN2O/c13-11-5-9(2-1-8(11)6-15)16-7-10-3-4-12(14)17-10/h1-5,16H,7H2. The minimum atomic E-state index is 0.450. The summed E-state index contributed by atoms with van der Waals surface area (Å²) in [5.74, 6) is 0.856. The monoisotopic (exact) mass is 358 g/mol. The Balaban J connectivity index is 2.05. The summed E-state index contributed by atoms with van der Waals surface area (Å²) in [6.07, 6.45) is 0. The normalized spacial score (nSPS) is 9.94. The average Bonchev–Trinajstić information content (AvgIpc) is 2.73. The molecule has 1 aromatic heterocycles. The van der Waals surface area contributed by atoms with Crippen LogP contribution < -0.4 is 5.32 Å². The summed E-state index contributed by atoms with van der Waals surface area (Å²) in [6, 6.07) is 11.1. The van der Waals surface area contributed by atoms with Crippen LogP contribution >= 0.6 is 34.2 Å². The number of anilines is 1. The van der Waals surface area contributed by atoms with Crippen LogP contribution in [0, 0.1) is 15.1 Å². The third-order valence-corrected chi connectivity index (χ3v) is 3.08. The maximum absolute atomic E-state index is 8.75. The Morgan fingerprint density at radius 2 is 2.18 bits per heavy atom. The van der Waals surface area contributed by atoms with E-state index in [2.05, 4.69) is 27.9 Å². The lowest BCUT2D eigenvalue weighted by Gasteiger charge is -2.05. The van der Waals surface area contributed by atoms with Crippen LogP contribution in [0.5, 0.6) is 0 Å². The number of nitrogens with one attached hydrogen (secondary N) is 1. The molecule has 1 aromatic carbocycles. The van der Waals surface area contributed by atoms with Crippen molar-refractivity contribution in [1.29, 1.82) is 5.26 Å². The number of rotatable bonds is 3. The lowest BCUT2D eigenvalue weighted by Crippen LogP contribution is -1.98. The van der Waals surface area contributed by atoms with Crippen molar-refractivity contribution in [3.05, 3.63) is 50.4 Å². The van der Waals surface area contributed by atoms with Gasteiger partial charge in [-0.25, -0.2) is 0 Å². The van der Waals surface area contributed by atoms with Gasteiger partial charge in [-0.3, -0.25) is 0 Å². The zero-order chi connectivity index (χ0) is 12.3. The molecule has 0 radical (unpaired) electrons. The molecule has 0 spiro atoms. The van der Waals surface area contributed by atoms with Crippen molar-refractivity contribution >= 4 is 39.9 Å². The molecule has 2 rings (SSSR count). The highest BCUT2D eigenvalue weighted by Gasteiger charge is 2.02. The first-order valence-corrected chi connectivity index (χ1v) is 6.32. The van der Waals surface area contributed by atoms with Crippen molar-refractivity contribution in [2.45, 2.75) is 6.54 Å². The molecule has 86 valence electrons. The highest BCUT2D eigenvalue weighted by Crippen LogP contribution is 2.21. The van der Waals surface area contributed by atoms with Gasteiger partial charge in [-0.1, -0.05) is 11.6 Å². The molecular weight excluding hydrogens is 351 g/mol. The number of halogens is 2. The molecule has 0 aliphatic carbocycles. The summed E-state index contributed by atoms with van der Waals surface area (Å²) in [4.78, 5) is 0. The van der Waals surface area contributed by atoms with Crippen LogP contribution in [0.1, 0.15) is 11.3 Å². The third kappa shape index (κ3) is 3.14. The van der Waals surface area contributed by atoms with E-state index < -0.39 is 0 Å². The van der Waals surface area contributed by atoms with E-state index in [1.807, 2.05) is 24.3 Å². The maximum Gasteiger partial charge on any atom is 0.164 e. The fraction of sp³-hybridized carbons (Fsp3) is 0.0833. The lowest BCUT2D eigenvalue weighted by atomic mass is 10.2. The Hall–Kier alpha value is -1.19.